The molecular weight excluding hydrogens is 132 g/mol. The molecule has 0 atom stereocenters. The van der Waals surface area contributed by atoms with Crippen LogP contribution in [0.15, 0.2) is 22.9 Å². The van der Waals surface area contributed by atoms with Gasteiger partial charge in [-0.2, -0.15) is 11.3 Å². The van der Waals surface area contributed by atoms with E-state index in [-0.39, 0.29) is 0 Å². The van der Waals surface area contributed by atoms with Crippen molar-refractivity contribution >= 4 is 11.3 Å². The summed E-state index contributed by atoms with van der Waals surface area (Å²) in [7, 11) is 0. The van der Waals surface area contributed by atoms with Crippen LogP contribution in [0.25, 0.3) is 0 Å². The topological polar surface area (TPSA) is 20.2 Å². The lowest BCUT2D eigenvalue weighted by Crippen LogP contribution is -1.69. The molecule has 0 spiro atoms. The van der Waals surface area contributed by atoms with Crippen LogP contribution in [0, 0.1) is 0 Å². The first kappa shape index (κ1) is 8.66. The Labute approximate surface area is 60.0 Å². The van der Waals surface area contributed by atoms with Gasteiger partial charge in [0.15, 0.2) is 0 Å². The molecule has 0 amide bonds. The van der Waals surface area contributed by atoms with Gasteiger partial charge in [-0.25, -0.2) is 0 Å². The molecule has 0 aliphatic heterocycles. The molecule has 0 unspecified atom stereocenters. The van der Waals surface area contributed by atoms with Crippen LogP contribution in [0.5, 0.6) is 0 Å². The first-order chi connectivity index (χ1) is 4.41. The number of hydrogen-bond donors (Lipinski definition) is 1. The van der Waals surface area contributed by atoms with Gasteiger partial charge in [-0.05, 0) is 17.2 Å². The van der Waals surface area contributed by atoms with Gasteiger partial charge in [0.25, 0.3) is 0 Å². The molecular formula is C7H12OS. The van der Waals surface area contributed by atoms with E-state index in [4.69, 9.17) is 5.11 Å². The fourth-order valence-corrected chi connectivity index (χ4v) is 0.680. The maximum absolute atomic E-state index is 7.88. The summed E-state index contributed by atoms with van der Waals surface area (Å²) in [4.78, 5) is 0. The summed E-state index contributed by atoms with van der Waals surface area (Å²) in [6.07, 6.45) is 0.875. The fraction of sp³-hybridized carbons (Fsp3) is 0.429. The zero-order valence-electron chi connectivity index (χ0n) is 5.58. The average molecular weight is 144 g/mol. The Morgan fingerprint density at radius 3 is 1.89 bits per heavy atom. The molecule has 1 N–H and O–H groups in total. The monoisotopic (exact) mass is 144 g/mol. The van der Waals surface area contributed by atoms with E-state index in [0.717, 1.165) is 6.42 Å². The first-order valence-corrected chi connectivity index (χ1v) is 3.94. The van der Waals surface area contributed by atoms with Crippen LogP contribution >= 0.6 is 11.3 Å². The maximum Gasteiger partial charge on any atom is 0.0428 e. The molecule has 0 aromatic carbocycles. The summed E-state index contributed by atoms with van der Waals surface area (Å²) in [6.45, 7) is 2.25. The number of aliphatic hydroxyl groups is 1. The molecule has 0 aliphatic carbocycles. The smallest absolute Gasteiger partial charge is 0.0428 e. The van der Waals surface area contributed by atoms with E-state index < -0.39 is 0 Å². The van der Waals surface area contributed by atoms with Crippen molar-refractivity contribution < 1.29 is 5.11 Å². The quantitative estimate of drug-likeness (QED) is 0.640. The van der Waals surface area contributed by atoms with Crippen molar-refractivity contribution in [2.45, 2.75) is 13.3 Å². The van der Waals surface area contributed by atoms with Crippen LogP contribution in [0.4, 0.5) is 0 Å². The molecule has 0 aliphatic rings. The number of rotatable bonds is 1. The molecule has 0 bridgehead atoms. The third kappa shape index (κ3) is 7.66. The van der Waals surface area contributed by atoms with Crippen LogP contribution in [-0.4, -0.2) is 11.7 Å². The molecule has 9 heavy (non-hydrogen) atoms. The van der Waals surface area contributed by atoms with Gasteiger partial charge in [-0.1, -0.05) is 19.1 Å². The lowest BCUT2D eigenvalue weighted by molar-refractivity contribution is 0.295. The molecule has 0 fully saturated rings. The van der Waals surface area contributed by atoms with Crippen molar-refractivity contribution in [3.05, 3.63) is 22.9 Å². The molecule has 1 heterocycles. The minimum atomic E-state index is 0.319. The predicted octanol–water partition coefficient (Wildman–Crippen LogP) is 2.14. The Balaban J connectivity index is 0.000000148. The van der Waals surface area contributed by atoms with E-state index in [1.165, 1.54) is 0 Å². The third-order valence-corrected chi connectivity index (χ3v) is 1.28. The Morgan fingerprint density at radius 1 is 1.33 bits per heavy atom. The highest BCUT2D eigenvalue weighted by molar-refractivity contribution is 7.07. The van der Waals surface area contributed by atoms with Crippen LogP contribution in [-0.2, 0) is 0 Å². The zero-order chi connectivity index (χ0) is 6.95. The second kappa shape index (κ2) is 7.66. The van der Waals surface area contributed by atoms with Crippen LogP contribution in [0.2, 0.25) is 0 Å². The minimum absolute atomic E-state index is 0.319. The predicted molar refractivity (Wildman–Crippen MR) is 41.7 cm³/mol. The van der Waals surface area contributed by atoms with E-state index in [2.05, 4.69) is 0 Å². The SMILES string of the molecule is CCCO.c1ccsc1. The normalized spacial score (nSPS) is 7.78. The fourth-order valence-electron chi connectivity index (χ4n) is 0.227. The molecule has 52 valence electrons. The largest absolute Gasteiger partial charge is 0.396 e. The molecule has 1 rings (SSSR count). The summed E-state index contributed by atoms with van der Waals surface area (Å²) >= 11 is 1.71. The lowest BCUT2D eigenvalue weighted by Gasteiger charge is -1.69. The van der Waals surface area contributed by atoms with Crippen molar-refractivity contribution in [3.8, 4) is 0 Å². The molecule has 1 aromatic heterocycles. The molecule has 1 nitrogen and oxygen atoms in total. The van der Waals surface area contributed by atoms with Gasteiger partial charge >= 0.3 is 0 Å². The average Bonchev–Trinajstić information content (AvgIpc) is 2.43. The third-order valence-electron chi connectivity index (χ3n) is 0.649. The Morgan fingerprint density at radius 2 is 1.78 bits per heavy atom. The van der Waals surface area contributed by atoms with Crippen molar-refractivity contribution in [1.82, 2.24) is 0 Å². The molecule has 0 radical (unpaired) electrons. The van der Waals surface area contributed by atoms with Crippen molar-refractivity contribution in [2.75, 3.05) is 6.61 Å². The van der Waals surface area contributed by atoms with Crippen molar-refractivity contribution in [2.24, 2.45) is 0 Å². The molecule has 0 saturated heterocycles. The van der Waals surface area contributed by atoms with Gasteiger partial charge in [-0.15, -0.1) is 0 Å². The van der Waals surface area contributed by atoms with Gasteiger partial charge in [-0.3, -0.25) is 0 Å². The number of thiophene rings is 1. The van der Waals surface area contributed by atoms with E-state index in [1.807, 2.05) is 29.8 Å². The van der Waals surface area contributed by atoms with E-state index >= 15 is 0 Å². The Hall–Kier alpha value is -0.340. The standard InChI is InChI=1S/C4H4S.C3H8O/c1-2-4-5-3-1;1-2-3-4/h1-4H;4H,2-3H2,1H3. The maximum atomic E-state index is 7.88. The van der Waals surface area contributed by atoms with E-state index in [9.17, 15) is 0 Å². The van der Waals surface area contributed by atoms with Gasteiger partial charge in [0.1, 0.15) is 0 Å². The first-order valence-electron chi connectivity index (χ1n) is 2.99. The Bertz CT molecular complexity index is 84.4. The highest BCUT2D eigenvalue weighted by Crippen LogP contribution is 1.91. The van der Waals surface area contributed by atoms with Gasteiger partial charge in [0.2, 0.25) is 0 Å². The van der Waals surface area contributed by atoms with Crippen LogP contribution < -0.4 is 0 Å². The summed E-state index contributed by atoms with van der Waals surface area (Å²) in [6, 6.07) is 4.04. The Kier molecular flexibility index (Phi) is 7.37. The van der Waals surface area contributed by atoms with Gasteiger partial charge in [0, 0.05) is 6.61 Å². The zero-order valence-corrected chi connectivity index (χ0v) is 6.40. The van der Waals surface area contributed by atoms with Gasteiger partial charge in [0.05, 0.1) is 0 Å². The molecule has 0 saturated carbocycles. The van der Waals surface area contributed by atoms with E-state index in [0.29, 0.717) is 6.61 Å². The summed E-state index contributed by atoms with van der Waals surface area (Å²) in [5.41, 5.74) is 0. The number of aliphatic hydroxyl groups excluding tert-OH is 1. The second-order valence-corrected chi connectivity index (χ2v) is 2.33. The summed E-state index contributed by atoms with van der Waals surface area (Å²) in [5, 5.41) is 12.0. The van der Waals surface area contributed by atoms with E-state index in [1.54, 1.807) is 11.3 Å². The molecule has 1 aromatic rings. The minimum Gasteiger partial charge on any atom is -0.396 e. The summed E-state index contributed by atoms with van der Waals surface area (Å²) in [5.74, 6) is 0. The van der Waals surface area contributed by atoms with Crippen molar-refractivity contribution in [3.63, 3.8) is 0 Å². The lowest BCUT2D eigenvalue weighted by atomic mass is 10.5. The van der Waals surface area contributed by atoms with Gasteiger partial charge < -0.3 is 5.11 Å². The van der Waals surface area contributed by atoms with Crippen LogP contribution in [0.3, 0.4) is 0 Å². The highest BCUT2D eigenvalue weighted by atomic mass is 32.1. The molecule has 2 heteroatoms. The number of hydrogen-bond acceptors (Lipinski definition) is 2. The van der Waals surface area contributed by atoms with Crippen LogP contribution in [0.1, 0.15) is 13.3 Å². The second-order valence-electron chi connectivity index (χ2n) is 1.52. The van der Waals surface area contributed by atoms with Crippen molar-refractivity contribution in [1.29, 1.82) is 0 Å². The summed E-state index contributed by atoms with van der Waals surface area (Å²) < 4.78 is 0. The highest BCUT2D eigenvalue weighted by Gasteiger charge is 1.58.